The van der Waals surface area contributed by atoms with Gasteiger partial charge in [0.05, 0.1) is 5.56 Å². The van der Waals surface area contributed by atoms with Gasteiger partial charge in [-0.05, 0) is 37.2 Å². The van der Waals surface area contributed by atoms with Crippen molar-refractivity contribution in [1.82, 2.24) is 15.6 Å². The summed E-state index contributed by atoms with van der Waals surface area (Å²) < 4.78 is 0. The minimum Gasteiger partial charge on any atom is -0.348 e. The molecule has 4 heteroatoms. The van der Waals surface area contributed by atoms with Crippen molar-refractivity contribution in [1.29, 1.82) is 0 Å². The Morgan fingerprint density at radius 2 is 2.05 bits per heavy atom. The summed E-state index contributed by atoms with van der Waals surface area (Å²) in [6.45, 7) is 1.45. The van der Waals surface area contributed by atoms with Crippen LogP contribution in [-0.4, -0.2) is 24.5 Å². The quantitative estimate of drug-likeness (QED) is 0.772. The standard InChI is InChI=1S/C18H21N3O/c1-19-10-6-5-9-16-11-17(14-20-12-16)18(22)21-13-15-7-3-2-4-8-15/h2-5,7-9,11-12,14,19H,6,10,13H2,1H3,(H,21,22)/b9-5+. The van der Waals surface area contributed by atoms with Crippen LogP contribution in [0.4, 0.5) is 0 Å². The van der Waals surface area contributed by atoms with Crippen molar-refractivity contribution in [3.05, 3.63) is 71.6 Å². The lowest BCUT2D eigenvalue weighted by molar-refractivity contribution is 0.0950. The molecule has 2 rings (SSSR count). The first-order valence-electron chi connectivity index (χ1n) is 7.38. The number of carbonyl (C=O) groups is 1. The third-order valence-corrected chi connectivity index (χ3v) is 3.19. The molecule has 0 aliphatic heterocycles. The lowest BCUT2D eigenvalue weighted by atomic mass is 10.1. The van der Waals surface area contributed by atoms with Gasteiger partial charge in [0, 0.05) is 18.9 Å². The lowest BCUT2D eigenvalue weighted by Gasteiger charge is -2.05. The second-order valence-corrected chi connectivity index (χ2v) is 4.97. The van der Waals surface area contributed by atoms with Gasteiger partial charge in [0.25, 0.3) is 5.91 Å². The molecule has 2 aromatic rings. The van der Waals surface area contributed by atoms with E-state index in [1.165, 1.54) is 0 Å². The molecule has 1 aromatic heterocycles. The molecule has 0 bridgehead atoms. The molecule has 0 unspecified atom stereocenters. The van der Waals surface area contributed by atoms with Crippen LogP contribution in [0.25, 0.3) is 6.08 Å². The average molecular weight is 295 g/mol. The normalized spacial score (nSPS) is 10.8. The maximum Gasteiger partial charge on any atom is 0.253 e. The van der Waals surface area contributed by atoms with Gasteiger partial charge in [-0.25, -0.2) is 0 Å². The van der Waals surface area contributed by atoms with E-state index in [4.69, 9.17) is 0 Å². The lowest BCUT2D eigenvalue weighted by Crippen LogP contribution is -2.22. The van der Waals surface area contributed by atoms with E-state index in [1.807, 2.05) is 49.5 Å². The number of nitrogens with one attached hydrogen (secondary N) is 2. The number of pyridine rings is 1. The molecular formula is C18H21N3O. The summed E-state index contributed by atoms with van der Waals surface area (Å²) in [6, 6.07) is 11.7. The molecule has 0 atom stereocenters. The number of hydrogen-bond acceptors (Lipinski definition) is 3. The molecule has 0 aliphatic carbocycles. The molecule has 0 radical (unpaired) electrons. The fourth-order valence-corrected chi connectivity index (χ4v) is 2.00. The number of benzene rings is 1. The zero-order valence-corrected chi connectivity index (χ0v) is 12.8. The molecule has 0 spiro atoms. The molecule has 1 amide bonds. The fourth-order valence-electron chi connectivity index (χ4n) is 2.00. The van der Waals surface area contributed by atoms with Gasteiger partial charge in [-0.15, -0.1) is 0 Å². The molecule has 0 aliphatic rings. The summed E-state index contributed by atoms with van der Waals surface area (Å²) in [6.07, 6.45) is 8.34. The third-order valence-electron chi connectivity index (χ3n) is 3.19. The first-order valence-corrected chi connectivity index (χ1v) is 7.38. The van der Waals surface area contributed by atoms with E-state index in [1.54, 1.807) is 12.4 Å². The van der Waals surface area contributed by atoms with Crippen LogP contribution < -0.4 is 10.6 Å². The Bertz CT molecular complexity index is 623. The maximum absolute atomic E-state index is 12.2. The Labute approximate surface area is 131 Å². The first-order chi connectivity index (χ1) is 10.8. The van der Waals surface area contributed by atoms with Crippen LogP contribution in [0.15, 0.2) is 54.9 Å². The number of rotatable bonds is 7. The molecule has 0 fully saturated rings. The highest BCUT2D eigenvalue weighted by molar-refractivity contribution is 5.94. The average Bonchev–Trinajstić information content (AvgIpc) is 2.58. The summed E-state index contributed by atoms with van der Waals surface area (Å²) in [5.41, 5.74) is 2.59. The molecular weight excluding hydrogens is 274 g/mol. The van der Waals surface area contributed by atoms with Crippen LogP contribution in [0.5, 0.6) is 0 Å². The highest BCUT2D eigenvalue weighted by Gasteiger charge is 2.05. The molecule has 1 aromatic carbocycles. The molecule has 2 N–H and O–H groups in total. The second-order valence-electron chi connectivity index (χ2n) is 4.97. The van der Waals surface area contributed by atoms with Gasteiger partial charge in [0.2, 0.25) is 0 Å². The molecule has 0 saturated carbocycles. The minimum absolute atomic E-state index is 0.109. The monoisotopic (exact) mass is 295 g/mol. The van der Waals surface area contributed by atoms with Crippen molar-refractivity contribution < 1.29 is 4.79 Å². The van der Waals surface area contributed by atoms with Crippen molar-refractivity contribution in [2.24, 2.45) is 0 Å². The highest BCUT2D eigenvalue weighted by atomic mass is 16.1. The number of nitrogens with zero attached hydrogens (tertiary/aromatic N) is 1. The second kappa shape index (κ2) is 8.74. The van der Waals surface area contributed by atoms with Crippen LogP contribution in [0.1, 0.15) is 27.9 Å². The van der Waals surface area contributed by atoms with Gasteiger partial charge in [0.15, 0.2) is 0 Å². The van der Waals surface area contributed by atoms with Crippen molar-refractivity contribution in [3.8, 4) is 0 Å². The number of aromatic nitrogens is 1. The topological polar surface area (TPSA) is 54.0 Å². The van der Waals surface area contributed by atoms with Crippen LogP contribution in [0.2, 0.25) is 0 Å². The summed E-state index contributed by atoms with van der Waals surface area (Å²) >= 11 is 0. The maximum atomic E-state index is 12.2. The largest absolute Gasteiger partial charge is 0.348 e. The van der Waals surface area contributed by atoms with Crippen molar-refractivity contribution >= 4 is 12.0 Å². The zero-order chi connectivity index (χ0) is 15.6. The smallest absolute Gasteiger partial charge is 0.253 e. The number of hydrogen-bond donors (Lipinski definition) is 2. The SMILES string of the molecule is CNCC/C=C/c1cncc(C(=O)NCc2ccccc2)c1. The predicted molar refractivity (Wildman–Crippen MR) is 89.4 cm³/mol. The summed E-state index contributed by atoms with van der Waals surface area (Å²) in [5.74, 6) is -0.109. The molecule has 1 heterocycles. The summed E-state index contributed by atoms with van der Waals surface area (Å²) in [5, 5.41) is 5.99. The van der Waals surface area contributed by atoms with Crippen LogP contribution >= 0.6 is 0 Å². The van der Waals surface area contributed by atoms with E-state index in [0.29, 0.717) is 12.1 Å². The number of carbonyl (C=O) groups excluding carboxylic acids is 1. The Hall–Kier alpha value is -2.46. The third kappa shape index (κ3) is 5.14. The molecule has 114 valence electrons. The Balaban J connectivity index is 1.93. The van der Waals surface area contributed by atoms with E-state index in [0.717, 1.165) is 24.1 Å². The minimum atomic E-state index is -0.109. The van der Waals surface area contributed by atoms with Gasteiger partial charge in [-0.2, -0.15) is 0 Å². The van der Waals surface area contributed by atoms with E-state index in [-0.39, 0.29) is 5.91 Å². The molecule has 0 saturated heterocycles. The van der Waals surface area contributed by atoms with Gasteiger partial charge in [-0.1, -0.05) is 42.5 Å². The molecule has 22 heavy (non-hydrogen) atoms. The summed E-state index contributed by atoms with van der Waals surface area (Å²) in [4.78, 5) is 16.3. The van der Waals surface area contributed by atoms with E-state index in [2.05, 4.69) is 21.7 Å². The van der Waals surface area contributed by atoms with Gasteiger partial charge in [-0.3, -0.25) is 9.78 Å². The predicted octanol–water partition coefficient (Wildman–Crippen LogP) is 2.63. The molecule has 4 nitrogen and oxygen atoms in total. The summed E-state index contributed by atoms with van der Waals surface area (Å²) in [7, 11) is 1.92. The fraction of sp³-hybridized carbons (Fsp3) is 0.222. The number of amides is 1. The Morgan fingerprint density at radius 1 is 1.23 bits per heavy atom. The van der Waals surface area contributed by atoms with Crippen molar-refractivity contribution in [2.45, 2.75) is 13.0 Å². The first kappa shape index (κ1) is 15.9. The van der Waals surface area contributed by atoms with Crippen molar-refractivity contribution in [3.63, 3.8) is 0 Å². The van der Waals surface area contributed by atoms with E-state index in [9.17, 15) is 4.79 Å². The van der Waals surface area contributed by atoms with Crippen LogP contribution in [0, 0.1) is 0 Å². The Morgan fingerprint density at radius 3 is 2.82 bits per heavy atom. The van der Waals surface area contributed by atoms with Crippen molar-refractivity contribution in [2.75, 3.05) is 13.6 Å². The van der Waals surface area contributed by atoms with E-state index < -0.39 is 0 Å². The van der Waals surface area contributed by atoms with E-state index >= 15 is 0 Å². The van der Waals surface area contributed by atoms with Crippen LogP contribution in [-0.2, 0) is 6.54 Å². The van der Waals surface area contributed by atoms with Gasteiger partial charge >= 0.3 is 0 Å². The van der Waals surface area contributed by atoms with Gasteiger partial charge < -0.3 is 10.6 Å². The van der Waals surface area contributed by atoms with Crippen LogP contribution in [0.3, 0.4) is 0 Å². The highest BCUT2D eigenvalue weighted by Crippen LogP contribution is 2.06. The zero-order valence-electron chi connectivity index (χ0n) is 12.8. The van der Waals surface area contributed by atoms with Gasteiger partial charge in [0.1, 0.15) is 0 Å². The Kier molecular flexibility index (Phi) is 6.33.